The van der Waals surface area contributed by atoms with E-state index >= 15 is 0 Å². The third-order valence-corrected chi connectivity index (χ3v) is 3.18. The Hall–Kier alpha value is -2.37. The summed E-state index contributed by atoms with van der Waals surface area (Å²) < 4.78 is 10.1. The highest BCUT2D eigenvalue weighted by Gasteiger charge is 2.20. The van der Waals surface area contributed by atoms with Gasteiger partial charge in [-0.3, -0.25) is 4.79 Å². The number of carbonyl (C=O) groups is 3. The molecule has 6 nitrogen and oxygen atoms in total. The average molecular weight is 335 g/mol. The highest BCUT2D eigenvalue weighted by molar-refractivity contribution is 6.02. The fourth-order valence-electron chi connectivity index (χ4n) is 2.14. The van der Waals surface area contributed by atoms with Crippen LogP contribution in [-0.2, 0) is 9.47 Å². The van der Waals surface area contributed by atoms with Gasteiger partial charge in [-0.05, 0) is 45.4 Å². The Morgan fingerprint density at radius 1 is 1.00 bits per heavy atom. The Bertz CT molecular complexity index is 609. The Balaban J connectivity index is 3.27. The van der Waals surface area contributed by atoms with E-state index in [2.05, 4.69) is 0 Å². The Morgan fingerprint density at radius 2 is 1.54 bits per heavy atom. The molecule has 0 aliphatic carbocycles. The average Bonchev–Trinajstić information content (AvgIpc) is 2.53. The van der Waals surface area contributed by atoms with Gasteiger partial charge >= 0.3 is 11.9 Å². The molecule has 0 saturated heterocycles. The lowest BCUT2D eigenvalue weighted by molar-refractivity contribution is 0.0378. The number of amides is 1. The summed E-state index contributed by atoms with van der Waals surface area (Å²) in [7, 11) is 1.68. The van der Waals surface area contributed by atoms with E-state index in [1.54, 1.807) is 32.7 Å². The summed E-state index contributed by atoms with van der Waals surface area (Å²) in [6, 6.07) is 4.28. The van der Waals surface area contributed by atoms with Gasteiger partial charge in [-0.15, -0.1) is 0 Å². The first-order valence-corrected chi connectivity index (χ1v) is 8.08. The van der Waals surface area contributed by atoms with Crippen LogP contribution in [0.25, 0.3) is 0 Å². The molecule has 24 heavy (non-hydrogen) atoms. The molecule has 0 radical (unpaired) electrons. The van der Waals surface area contributed by atoms with Gasteiger partial charge < -0.3 is 14.4 Å². The maximum absolute atomic E-state index is 12.5. The van der Waals surface area contributed by atoms with Gasteiger partial charge in [0.25, 0.3) is 5.91 Å². The van der Waals surface area contributed by atoms with Crippen molar-refractivity contribution in [2.45, 2.75) is 40.2 Å². The molecule has 1 aromatic rings. The molecular weight excluding hydrogens is 310 g/mol. The van der Waals surface area contributed by atoms with Crippen molar-refractivity contribution in [1.82, 2.24) is 4.90 Å². The van der Waals surface area contributed by atoms with E-state index in [9.17, 15) is 14.4 Å². The van der Waals surface area contributed by atoms with Crippen LogP contribution in [0.1, 0.15) is 65.2 Å². The number of ether oxygens (including phenoxy) is 2. The highest BCUT2D eigenvalue weighted by Crippen LogP contribution is 2.16. The van der Waals surface area contributed by atoms with E-state index in [0.717, 1.165) is 6.42 Å². The number of esters is 2. The van der Waals surface area contributed by atoms with E-state index in [0.29, 0.717) is 6.54 Å². The van der Waals surface area contributed by atoms with Gasteiger partial charge in [-0.1, -0.05) is 6.92 Å². The van der Waals surface area contributed by atoms with Gasteiger partial charge in [0.05, 0.1) is 23.8 Å². The zero-order valence-electron chi connectivity index (χ0n) is 14.9. The van der Waals surface area contributed by atoms with Crippen LogP contribution in [0.4, 0.5) is 0 Å². The SMILES string of the molecule is CCCN(C)C(=O)c1cc(C(=O)OCC)cc(C(=O)OC(C)C)c1. The van der Waals surface area contributed by atoms with Crippen molar-refractivity contribution in [3.05, 3.63) is 34.9 Å². The lowest BCUT2D eigenvalue weighted by atomic mass is 10.0. The van der Waals surface area contributed by atoms with Gasteiger partial charge in [0.1, 0.15) is 0 Å². The van der Waals surface area contributed by atoms with E-state index in [1.165, 1.54) is 18.2 Å². The van der Waals surface area contributed by atoms with Gasteiger partial charge in [0, 0.05) is 19.2 Å². The molecular formula is C18H25NO5. The number of benzene rings is 1. The van der Waals surface area contributed by atoms with E-state index in [1.807, 2.05) is 6.92 Å². The molecule has 0 bridgehead atoms. The second-order valence-corrected chi connectivity index (χ2v) is 5.70. The summed E-state index contributed by atoms with van der Waals surface area (Å²) in [5.41, 5.74) is 0.568. The Morgan fingerprint density at radius 3 is 2.04 bits per heavy atom. The molecule has 1 rings (SSSR count). The van der Waals surface area contributed by atoms with E-state index in [4.69, 9.17) is 9.47 Å². The minimum Gasteiger partial charge on any atom is -0.462 e. The summed E-state index contributed by atoms with van der Waals surface area (Å²) in [6.07, 6.45) is 0.507. The molecule has 132 valence electrons. The lowest BCUT2D eigenvalue weighted by Gasteiger charge is -2.17. The highest BCUT2D eigenvalue weighted by atomic mass is 16.5. The maximum Gasteiger partial charge on any atom is 0.338 e. The van der Waals surface area contributed by atoms with Crippen LogP contribution in [-0.4, -0.2) is 49.0 Å². The van der Waals surface area contributed by atoms with Crippen LogP contribution in [0.15, 0.2) is 18.2 Å². The van der Waals surface area contributed by atoms with Crippen LogP contribution in [0.3, 0.4) is 0 Å². The fourth-order valence-corrected chi connectivity index (χ4v) is 2.14. The molecule has 0 spiro atoms. The second kappa shape index (κ2) is 9.05. The Kier molecular flexibility index (Phi) is 7.42. The number of rotatable bonds is 7. The maximum atomic E-state index is 12.5. The number of nitrogens with zero attached hydrogens (tertiary/aromatic N) is 1. The predicted octanol–water partition coefficient (Wildman–Crippen LogP) is 2.91. The molecule has 0 aliphatic heterocycles. The summed E-state index contributed by atoms with van der Waals surface area (Å²) in [5.74, 6) is -1.42. The van der Waals surface area contributed by atoms with Crippen LogP contribution < -0.4 is 0 Å². The molecule has 0 unspecified atom stereocenters. The largest absolute Gasteiger partial charge is 0.462 e. The number of hydrogen-bond acceptors (Lipinski definition) is 5. The minimum atomic E-state index is -0.580. The number of carbonyl (C=O) groups excluding carboxylic acids is 3. The topological polar surface area (TPSA) is 72.9 Å². The van der Waals surface area contributed by atoms with E-state index in [-0.39, 0.29) is 35.3 Å². The van der Waals surface area contributed by atoms with Crippen LogP contribution in [0, 0.1) is 0 Å². The molecule has 0 fully saturated rings. The molecule has 0 aliphatic rings. The standard InChI is InChI=1S/C18H25NO5/c1-6-8-19(5)16(20)13-9-14(17(21)23-7-2)11-15(10-13)18(22)24-12(3)4/h9-12H,6-8H2,1-5H3. The number of hydrogen-bond donors (Lipinski definition) is 0. The first kappa shape index (κ1) is 19.7. The Labute approximate surface area is 142 Å². The normalized spacial score (nSPS) is 10.4. The van der Waals surface area contributed by atoms with Crippen molar-refractivity contribution in [1.29, 1.82) is 0 Å². The quantitative estimate of drug-likeness (QED) is 0.716. The summed E-state index contributed by atoms with van der Waals surface area (Å²) in [4.78, 5) is 38.2. The van der Waals surface area contributed by atoms with Crippen molar-refractivity contribution >= 4 is 17.8 Å². The molecule has 1 aromatic carbocycles. The zero-order valence-corrected chi connectivity index (χ0v) is 14.9. The third-order valence-electron chi connectivity index (χ3n) is 3.18. The van der Waals surface area contributed by atoms with Gasteiger partial charge in [-0.2, -0.15) is 0 Å². The molecule has 0 saturated carbocycles. The first-order chi connectivity index (χ1) is 11.3. The van der Waals surface area contributed by atoms with Crippen molar-refractivity contribution < 1.29 is 23.9 Å². The predicted molar refractivity (Wildman–Crippen MR) is 90.2 cm³/mol. The smallest absolute Gasteiger partial charge is 0.338 e. The second-order valence-electron chi connectivity index (χ2n) is 5.70. The molecule has 6 heteroatoms. The van der Waals surface area contributed by atoms with Crippen LogP contribution in [0.5, 0.6) is 0 Å². The fraction of sp³-hybridized carbons (Fsp3) is 0.500. The van der Waals surface area contributed by atoms with E-state index < -0.39 is 11.9 Å². The zero-order chi connectivity index (χ0) is 18.3. The monoisotopic (exact) mass is 335 g/mol. The third kappa shape index (κ3) is 5.37. The molecule has 1 amide bonds. The van der Waals surface area contributed by atoms with Gasteiger partial charge in [0.15, 0.2) is 0 Å². The van der Waals surface area contributed by atoms with Crippen molar-refractivity contribution in [3.63, 3.8) is 0 Å². The summed E-state index contributed by atoms with van der Waals surface area (Å²) in [5, 5.41) is 0. The summed E-state index contributed by atoms with van der Waals surface area (Å²) in [6.45, 7) is 7.90. The molecule has 0 heterocycles. The minimum absolute atomic E-state index is 0.155. The van der Waals surface area contributed by atoms with Gasteiger partial charge in [0.2, 0.25) is 0 Å². The summed E-state index contributed by atoms with van der Waals surface area (Å²) >= 11 is 0. The first-order valence-electron chi connectivity index (χ1n) is 8.08. The molecule has 0 N–H and O–H groups in total. The van der Waals surface area contributed by atoms with Crippen molar-refractivity contribution in [2.75, 3.05) is 20.2 Å². The molecule has 0 atom stereocenters. The van der Waals surface area contributed by atoms with Crippen LogP contribution in [0.2, 0.25) is 0 Å². The van der Waals surface area contributed by atoms with Crippen molar-refractivity contribution in [2.24, 2.45) is 0 Å². The van der Waals surface area contributed by atoms with Gasteiger partial charge in [-0.25, -0.2) is 9.59 Å². The van der Waals surface area contributed by atoms with Crippen molar-refractivity contribution in [3.8, 4) is 0 Å². The molecule has 0 aromatic heterocycles. The lowest BCUT2D eigenvalue weighted by Crippen LogP contribution is -2.28. The van der Waals surface area contributed by atoms with Crippen LogP contribution >= 0.6 is 0 Å².